The van der Waals surface area contributed by atoms with Crippen molar-refractivity contribution in [1.82, 2.24) is 10.1 Å². The molecule has 3 rings (SSSR count). The van der Waals surface area contributed by atoms with Crippen molar-refractivity contribution in [2.45, 2.75) is 25.2 Å². The summed E-state index contributed by atoms with van der Waals surface area (Å²) in [5, 5.41) is 3.74. The minimum Gasteiger partial charge on any atom is -0.338 e. The molecule has 0 spiro atoms. The molecule has 0 saturated heterocycles. The quantitative estimate of drug-likeness (QED) is 0.782. The molecule has 1 saturated carbocycles. The minimum absolute atomic E-state index is 0.0670. The maximum atomic E-state index is 13.5. The number of halogens is 3. The molecule has 1 atom stereocenters. The molecule has 0 aliphatic heterocycles. The Morgan fingerprint density at radius 2 is 2.15 bits per heavy atom. The summed E-state index contributed by atoms with van der Waals surface area (Å²) >= 11 is 2.97. The van der Waals surface area contributed by atoms with Crippen molar-refractivity contribution in [1.29, 1.82) is 0 Å². The van der Waals surface area contributed by atoms with Crippen molar-refractivity contribution in [3.63, 3.8) is 0 Å². The van der Waals surface area contributed by atoms with E-state index in [2.05, 4.69) is 26.1 Å². The van der Waals surface area contributed by atoms with Crippen LogP contribution in [0.5, 0.6) is 0 Å². The number of carbonyl (C=O) groups is 1. The van der Waals surface area contributed by atoms with Crippen molar-refractivity contribution in [2.75, 3.05) is 0 Å². The molecule has 1 aliphatic rings. The predicted molar refractivity (Wildman–Crippen MR) is 68.9 cm³/mol. The van der Waals surface area contributed by atoms with Crippen LogP contribution in [0.2, 0.25) is 0 Å². The van der Waals surface area contributed by atoms with Crippen molar-refractivity contribution in [2.24, 2.45) is 0 Å². The van der Waals surface area contributed by atoms with E-state index in [1.807, 2.05) is 0 Å². The zero-order valence-electron chi connectivity index (χ0n) is 10.2. The maximum Gasteiger partial charge on any atom is 0.237 e. The van der Waals surface area contributed by atoms with Crippen LogP contribution in [0.15, 0.2) is 21.1 Å². The molecule has 1 aromatic carbocycles. The van der Waals surface area contributed by atoms with Crippen LogP contribution >= 0.6 is 15.9 Å². The molecule has 1 unspecified atom stereocenters. The number of nitrogens with zero attached hydrogens (tertiary/aromatic N) is 2. The van der Waals surface area contributed by atoms with Crippen LogP contribution in [0.3, 0.4) is 0 Å². The Morgan fingerprint density at radius 3 is 2.85 bits per heavy atom. The fraction of sp³-hybridized carbons (Fsp3) is 0.308. The molecule has 4 nitrogen and oxygen atoms in total. The molecule has 104 valence electrons. The summed E-state index contributed by atoms with van der Waals surface area (Å²) in [7, 11) is 0. The summed E-state index contributed by atoms with van der Waals surface area (Å²) in [5.74, 6) is -1.91. The van der Waals surface area contributed by atoms with Gasteiger partial charge in [-0.3, -0.25) is 4.79 Å². The molecule has 20 heavy (non-hydrogen) atoms. The highest BCUT2D eigenvalue weighted by molar-refractivity contribution is 9.10. The third-order valence-electron chi connectivity index (χ3n) is 3.32. The first-order valence-corrected chi connectivity index (χ1v) is 6.87. The predicted octanol–water partition coefficient (Wildman–Crippen LogP) is 3.61. The zero-order valence-corrected chi connectivity index (χ0v) is 11.8. The van der Waals surface area contributed by atoms with Gasteiger partial charge in [-0.2, -0.15) is 4.98 Å². The highest BCUT2D eigenvalue weighted by Gasteiger charge is 2.31. The standard InChI is InChI=1S/C13H9BrF2N2O2/c14-10-7(4-5-8(15)11(10)16)12-17-13(20-18-12)6-2-1-3-9(6)19/h4-6H,1-3H2. The van der Waals surface area contributed by atoms with Gasteiger partial charge in [-0.15, -0.1) is 0 Å². The lowest BCUT2D eigenvalue weighted by atomic mass is 10.1. The first-order valence-electron chi connectivity index (χ1n) is 6.08. The average molecular weight is 343 g/mol. The van der Waals surface area contributed by atoms with Gasteiger partial charge in [0.15, 0.2) is 11.6 Å². The van der Waals surface area contributed by atoms with E-state index in [9.17, 15) is 13.6 Å². The van der Waals surface area contributed by atoms with Gasteiger partial charge in [0.1, 0.15) is 5.78 Å². The van der Waals surface area contributed by atoms with Crippen LogP contribution in [0.25, 0.3) is 11.4 Å². The Bertz CT molecular complexity index is 687. The molecular weight excluding hydrogens is 334 g/mol. The molecule has 0 radical (unpaired) electrons. The molecule has 0 bridgehead atoms. The zero-order chi connectivity index (χ0) is 14.3. The molecule has 1 fully saturated rings. The lowest BCUT2D eigenvalue weighted by Crippen LogP contribution is -2.04. The number of ketones is 1. The van der Waals surface area contributed by atoms with E-state index in [-0.39, 0.29) is 33.5 Å². The molecule has 7 heteroatoms. The first kappa shape index (κ1) is 13.4. The third-order valence-corrected chi connectivity index (χ3v) is 4.10. The van der Waals surface area contributed by atoms with E-state index < -0.39 is 11.6 Å². The van der Waals surface area contributed by atoms with Gasteiger partial charge in [-0.05, 0) is 40.9 Å². The number of carbonyl (C=O) groups excluding carboxylic acids is 1. The summed E-state index contributed by atoms with van der Waals surface area (Å²) in [6.45, 7) is 0. The van der Waals surface area contributed by atoms with Crippen LogP contribution in [0.1, 0.15) is 31.1 Å². The molecular formula is C13H9BrF2N2O2. The summed E-state index contributed by atoms with van der Waals surface area (Å²) in [5.41, 5.74) is 0.282. The second kappa shape index (κ2) is 5.05. The maximum absolute atomic E-state index is 13.5. The van der Waals surface area contributed by atoms with Crippen molar-refractivity contribution in [3.8, 4) is 11.4 Å². The van der Waals surface area contributed by atoms with Gasteiger partial charge in [0.25, 0.3) is 0 Å². The van der Waals surface area contributed by atoms with Gasteiger partial charge in [0.05, 0.1) is 10.4 Å². The highest BCUT2D eigenvalue weighted by Crippen LogP contribution is 2.33. The highest BCUT2D eigenvalue weighted by atomic mass is 79.9. The Hall–Kier alpha value is -1.63. The normalized spacial score (nSPS) is 18.8. The van der Waals surface area contributed by atoms with Gasteiger partial charge in [0, 0.05) is 12.0 Å². The van der Waals surface area contributed by atoms with E-state index in [0.29, 0.717) is 12.8 Å². The third kappa shape index (κ3) is 2.15. The van der Waals surface area contributed by atoms with E-state index in [1.165, 1.54) is 6.07 Å². The Kier molecular flexibility index (Phi) is 3.37. The van der Waals surface area contributed by atoms with Crippen molar-refractivity contribution in [3.05, 3.63) is 34.1 Å². The van der Waals surface area contributed by atoms with Gasteiger partial charge in [0.2, 0.25) is 11.7 Å². The summed E-state index contributed by atoms with van der Waals surface area (Å²) in [6.07, 6.45) is 1.99. The lowest BCUT2D eigenvalue weighted by molar-refractivity contribution is -0.119. The second-order valence-electron chi connectivity index (χ2n) is 4.59. The lowest BCUT2D eigenvalue weighted by Gasteiger charge is -2.01. The summed E-state index contributed by atoms with van der Waals surface area (Å²) < 4.78 is 31.6. The fourth-order valence-electron chi connectivity index (χ4n) is 2.26. The van der Waals surface area contributed by atoms with Crippen LogP contribution in [0, 0.1) is 11.6 Å². The number of rotatable bonds is 2. The van der Waals surface area contributed by atoms with E-state index >= 15 is 0 Å². The smallest absolute Gasteiger partial charge is 0.237 e. The topological polar surface area (TPSA) is 56.0 Å². The van der Waals surface area contributed by atoms with Gasteiger partial charge >= 0.3 is 0 Å². The van der Waals surface area contributed by atoms with Crippen molar-refractivity contribution < 1.29 is 18.1 Å². The second-order valence-corrected chi connectivity index (χ2v) is 5.38. The number of aromatic nitrogens is 2. The fourth-order valence-corrected chi connectivity index (χ4v) is 2.76. The van der Waals surface area contributed by atoms with E-state index in [1.54, 1.807) is 0 Å². The van der Waals surface area contributed by atoms with Crippen LogP contribution in [0.4, 0.5) is 8.78 Å². The van der Waals surface area contributed by atoms with Gasteiger partial charge in [-0.1, -0.05) is 5.16 Å². The number of benzene rings is 1. The molecule has 1 aliphatic carbocycles. The number of Topliss-reactive ketones (excluding diaryl/α,β-unsaturated/α-hetero) is 1. The van der Waals surface area contributed by atoms with Crippen molar-refractivity contribution >= 4 is 21.7 Å². The SMILES string of the molecule is O=C1CCCC1c1nc(-c2ccc(F)c(F)c2Br)no1. The van der Waals surface area contributed by atoms with Crippen LogP contribution in [-0.4, -0.2) is 15.9 Å². The first-order chi connectivity index (χ1) is 9.58. The molecule has 1 aromatic heterocycles. The largest absolute Gasteiger partial charge is 0.338 e. The monoisotopic (exact) mass is 342 g/mol. The Morgan fingerprint density at radius 1 is 1.35 bits per heavy atom. The summed E-state index contributed by atoms with van der Waals surface area (Å²) in [4.78, 5) is 15.8. The van der Waals surface area contributed by atoms with Crippen LogP contribution < -0.4 is 0 Å². The minimum atomic E-state index is -1.01. The summed E-state index contributed by atoms with van der Waals surface area (Å²) in [6, 6.07) is 2.35. The molecule has 0 amide bonds. The molecule has 1 heterocycles. The van der Waals surface area contributed by atoms with Crippen LogP contribution in [-0.2, 0) is 4.79 Å². The molecule has 0 N–H and O–H groups in total. The van der Waals surface area contributed by atoms with Gasteiger partial charge in [-0.25, -0.2) is 8.78 Å². The van der Waals surface area contributed by atoms with E-state index in [4.69, 9.17) is 4.52 Å². The number of hydrogen-bond donors (Lipinski definition) is 0. The number of hydrogen-bond acceptors (Lipinski definition) is 4. The Labute approximate surface area is 121 Å². The molecule has 2 aromatic rings. The Balaban J connectivity index is 1.98. The van der Waals surface area contributed by atoms with Gasteiger partial charge < -0.3 is 4.52 Å². The van der Waals surface area contributed by atoms with E-state index in [0.717, 1.165) is 12.5 Å². The average Bonchev–Trinajstić information content (AvgIpc) is 3.05.